The monoisotopic (exact) mass is 275 g/mol. The van der Waals surface area contributed by atoms with Gasteiger partial charge >= 0.3 is 0 Å². The van der Waals surface area contributed by atoms with E-state index in [4.69, 9.17) is 28.9 Å². The number of rotatable bonds is 5. The minimum atomic E-state index is -0.498. The molecule has 0 heterocycles. The SMILES string of the molecule is CCC(N)C(O)CC(C)c1ccc(Cl)cc1Cl. The third-order valence-electron chi connectivity index (χ3n) is 3.05. The molecule has 17 heavy (non-hydrogen) atoms. The molecule has 0 spiro atoms. The van der Waals surface area contributed by atoms with E-state index in [1.807, 2.05) is 26.0 Å². The number of benzene rings is 1. The molecule has 0 saturated heterocycles. The number of hydrogen-bond acceptors (Lipinski definition) is 2. The molecule has 1 aromatic rings. The van der Waals surface area contributed by atoms with Crippen LogP contribution in [0.2, 0.25) is 10.0 Å². The Kier molecular flexibility index (Phi) is 5.74. The van der Waals surface area contributed by atoms with Crippen LogP contribution in [0.3, 0.4) is 0 Å². The highest BCUT2D eigenvalue weighted by Gasteiger charge is 2.18. The van der Waals surface area contributed by atoms with Gasteiger partial charge in [0.15, 0.2) is 0 Å². The molecule has 3 N–H and O–H groups in total. The summed E-state index contributed by atoms with van der Waals surface area (Å²) in [5, 5.41) is 11.2. The topological polar surface area (TPSA) is 46.2 Å². The lowest BCUT2D eigenvalue weighted by molar-refractivity contribution is 0.126. The fraction of sp³-hybridized carbons (Fsp3) is 0.538. The van der Waals surface area contributed by atoms with Crippen LogP contribution >= 0.6 is 23.2 Å². The minimum Gasteiger partial charge on any atom is -0.391 e. The van der Waals surface area contributed by atoms with Crippen molar-refractivity contribution in [3.05, 3.63) is 33.8 Å². The van der Waals surface area contributed by atoms with E-state index in [1.165, 1.54) is 0 Å². The first-order valence-corrected chi connectivity index (χ1v) is 6.59. The molecule has 0 aliphatic heterocycles. The predicted molar refractivity (Wildman–Crippen MR) is 73.8 cm³/mol. The number of aliphatic hydroxyl groups excluding tert-OH is 1. The first-order chi connectivity index (χ1) is 7.95. The molecular formula is C13H19Cl2NO. The summed E-state index contributed by atoms with van der Waals surface area (Å²) in [4.78, 5) is 0. The lowest BCUT2D eigenvalue weighted by Gasteiger charge is -2.22. The zero-order valence-corrected chi connectivity index (χ0v) is 11.7. The van der Waals surface area contributed by atoms with Gasteiger partial charge in [0, 0.05) is 16.1 Å². The Labute approximate surface area is 113 Å². The van der Waals surface area contributed by atoms with Crippen molar-refractivity contribution < 1.29 is 5.11 Å². The van der Waals surface area contributed by atoms with Crippen LogP contribution in [0.4, 0.5) is 0 Å². The quantitative estimate of drug-likeness (QED) is 0.863. The number of halogens is 2. The summed E-state index contributed by atoms with van der Waals surface area (Å²) >= 11 is 12.0. The zero-order valence-electron chi connectivity index (χ0n) is 10.2. The minimum absolute atomic E-state index is 0.160. The first kappa shape index (κ1) is 14.8. The maximum atomic E-state index is 9.90. The van der Waals surface area contributed by atoms with Gasteiger partial charge in [-0.25, -0.2) is 0 Å². The highest BCUT2D eigenvalue weighted by Crippen LogP contribution is 2.30. The molecule has 1 rings (SSSR count). The molecular weight excluding hydrogens is 257 g/mol. The molecule has 0 saturated carbocycles. The molecule has 1 aromatic carbocycles. The van der Waals surface area contributed by atoms with Gasteiger partial charge in [-0.15, -0.1) is 0 Å². The lowest BCUT2D eigenvalue weighted by Crippen LogP contribution is -2.34. The van der Waals surface area contributed by atoms with Gasteiger partial charge in [-0.1, -0.05) is 43.1 Å². The number of nitrogens with two attached hydrogens (primary N) is 1. The van der Waals surface area contributed by atoms with Crippen molar-refractivity contribution in [1.29, 1.82) is 0 Å². The molecule has 4 heteroatoms. The second-order valence-electron chi connectivity index (χ2n) is 4.44. The largest absolute Gasteiger partial charge is 0.391 e. The summed E-state index contributed by atoms with van der Waals surface area (Å²) in [6.07, 6.45) is 0.875. The molecule has 3 unspecified atom stereocenters. The van der Waals surface area contributed by atoms with Crippen LogP contribution < -0.4 is 5.73 Å². The third kappa shape index (κ3) is 4.14. The van der Waals surface area contributed by atoms with E-state index in [1.54, 1.807) is 6.07 Å². The van der Waals surface area contributed by atoms with Gasteiger partial charge in [-0.05, 0) is 36.5 Å². The van der Waals surface area contributed by atoms with Crippen molar-refractivity contribution in [1.82, 2.24) is 0 Å². The van der Waals surface area contributed by atoms with Crippen LogP contribution in [-0.2, 0) is 0 Å². The van der Waals surface area contributed by atoms with E-state index in [0.29, 0.717) is 16.5 Å². The lowest BCUT2D eigenvalue weighted by atomic mass is 9.92. The maximum Gasteiger partial charge on any atom is 0.0696 e. The molecule has 2 nitrogen and oxygen atoms in total. The Morgan fingerprint density at radius 3 is 2.53 bits per heavy atom. The molecule has 0 radical (unpaired) electrons. The Morgan fingerprint density at radius 2 is 2.00 bits per heavy atom. The highest BCUT2D eigenvalue weighted by atomic mass is 35.5. The molecule has 0 aliphatic rings. The standard InChI is InChI=1S/C13H19Cl2NO/c1-3-12(16)13(17)6-8(2)10-5-4-9(14)7-11(10)15/h4-5,7-8,12-13,17H,3,6,16H2,1-2H3. The average Bonchev–Trinajstić information content (AvgIpc) is 2.27. The molecule has 3 atom stereocenters. The van der Waals surface area contributed by atoms with Crippen LogP contribution in [0.15, 0.2) is 18.2 Å². The second-order valence-corrected chi connectivity index (χ2v) is 5.29. The van der Waals surface area contributed by atoms with Crippen molar-refractivity contribution in [3.8, 4) is 0 Å². The molecule has 0 aromatic heterocycles. The van der Waals surface area contributed by atoms with E-state index in [9.17, 15) is 5.11 Å². The Bertz CT molecular complexity index is 370. The highest BCUT2D eigenvalue weighted by molar-refractivity contribution is 6.35. The summed E-state index contributed by atoms with van der Waals surface area (Å²) < 4.78 is 0. The van der Waals surface area contributed by atoms with Crippen LogP contribution in [0.5, 0.6) is 0 Å². The fourth-order valence-electron chi connectivity index (χ4n) is 1.84. The fourth-order valence-corrected chi connectivity index (χ4v) is 2.43. The summed E-state index contributed by atoms with van der Waals surface area (Å²) in [5.74, 6) is 0.160. The van der Waals surface area contributed by atoms with E-state index >= 15 is 0 Å². The van der Waals surface area contributed by atoms with E-state index in [2.05, 4.69) is 0 Å². The van der Waals surface area contributed by atoms with Crippen molar-refractivity contribution in [2.45, 2.75) is 44.8 Å². The van der Waals surface area contributed by atoms with Crippen LogP contribution in [0.25, 0.3) is 0 Å². The normalized spacial score (nSPS) is 16.6. The van der Waals surface area contributed by atoms with E-state index < -0.39 is 6.10 Å². The van der Waals surface area contributed by atoms with Gasteiger partial charge < -0.3 is 10.8 Å². The second kappa shape index (κ2) is 6.60. The van der Waals surface area contributed by atoms with Gasteiger partial charge in [-0.2, -0.15) is 0 Å². The van der Waals surface area contributed by atoms with Gasteiger partial charge in [0.1, 0.15) is 0 Å². The molecule has 0 bridgehead atoms. The van der Waals surface area contributed by atoms with Gasteiger partial charge in [0.25, 0.3) is 0 Å². The zero-order chi connectivity index (χ0) is 13.0. The third-order valence-corrected chi connectivity index (χ3v) is 3.62. The first-order valence-electron chi connectivity index (χ1n) is 5.84. The Balaban J connectivity index is 2.72. The summed E-state index contributed by atoms with van der Waals surface area (Å²) in [6.45, 7) is 3.99. The van der Waals surface area contributed by atoms with Crippen LogP contribution in [0.1, 0.15) is 38.2 Å². The summed E-state index contributed by atoms with van der Waals surface area (Å²) in [6, 6.07) is 5.26. The van der Waals surface area contributed by atoms with Crippen LogP contribution in [-0.4, -0.2) is 17.3 Å². The maximum absolute atomic E-state index is 9.90. The molecule has 0 amide bonds. The van der Waals surface area contributed by atoms with E-state index in [0.717, 1.165) is 12.0 Å². The molecule has 0 aliphatic carbocycles. The average molecular weight is 276 g/mol. The molecule has 0 fully saturated rings. The van der Waals surface area contributed by atoms with Crippen molar-refractivity contribution in [2.75, 3.05) is 0 Å². The van der Waals surface area contributed by atoms with Crippen molar-refractivity contribution >= 4 is 23.2 Å². The summed E-state index contributed by atoms with van der Waals surface area (Å²) in [5.41, 5.74) is 6.80. The van der Waals surface area contributed by atoms with Crippen LogP contribution in [0, 0.1) is 0 Å². The van der Waals surface area contributed by atoms with Crippen molar-refractivity contribution in [2.24, 2.45) is 5.73 Å². The molecule has 96 valence electrons. The van der Waals surface area contributed by atoms with Gasteiger partial charge in [-0.3, -0.25) is 0 Å². The Hall–Kier alpha value is -0.280. The van der Waals surface area contributed by atoms with Crippen molar-refractivity contribution in [3.63, 3.8) is 0 Å². The van der Waals surface area contributed by atoms with E-state index in [-0.39, 0.29) is 12.0 Å². The number of hydrogen-bond donors (Lipinski definition) is 2. The predicted octanol–water partition coefficient (Wildman–Crippen LogP) is 3.59. The Morgan fingerprint density at radius 1 is 1.35 bits per heavy atom. The number of aliphatic hydroxyl groups is 1. The summed E-state index contributed by atoms with van der Waals surface area (Å²) in [7, 11) is 0. The smallest absolute Gasteiger partial charge is 0.0696 e. The van der Waals surface area contributed by atoms with Gasteiger partial charge in [0.2, 0.25) is 0 Å². The van der Waals surface area contributed by atoms with Gasteiger partial charge in [0.05, 0.1) is 6.10 Å².